The molecule has 1 amide bonds. The first-order valence-corrected chi connectivity index (χ1v) is 7.78. The Morgan fingerprint density at radius 3 is 2.30 bits per heavy atom. The fraction of sp³-hybridized carbons (Fsp3) is 0.167. The third-order valence-corrected chi connectivity index (χ3v) is 3.40. The number of nitrogens with one attached hydrogen (secondary N) is 1. The molecule has 0 aromatic heterocycles. The van der Waals surface area contributed by atoms with Gasteiger partial charge in [-0.1, -0.05) is 12.1 Å². The van der Waals surface area contributed by atoms with Crippen molar-refractivity contribution in [3.05, 3.63) is 75.8 Å². The molecule has 0 radical (unpaired) electrons. The van der Waals surface area contributed by atoms with E-state index in [9.17, 15) is 28.1 Å². The predicted molar refractivity (Wildman–Crippen MR) is 92.0 cm³/mol. The summed E-state index contributed by atoms with van der Waals surface area (Å²) in [7, 11) is 0. The van der Waals surface area contributed by atoms with Gasteiger partial charge in [0.1, 0.15) is 5.75 Å². The minimum Gasteiger partial charge on any atom is -0.406 e. The second kappa shape index (κ2) is 8.84. The fourth-order valence-corrected chi connectivity index (χ4v) is 2.13. The zero-order valence-corrected chi connectivity index (χ0v) is 13.9. The highest BCUT2D eigenvalue weighted by atomic mass is 19.4. The molecule has 6 nitrogen and oxygen atoms in total. The van der Waals surface area contributed by atoms with Gasteiger partial charge in [0, 0.05) is 24.8 Å². The lowest BCUT2D eigenvalue weighted by molar-refractivity contribution is -0.384. The van der Waals surface area contributed by atoms with E-state index >= 15 is 0 Å². The Hall–Kier alpha value is -3.36. The number of hydrogen-bond acceptors (Lipinski definition) is 4. The van der Waals surface area contributed by atoms with E-state index in [2.05, 4.69) is 10.1 Å². The number of non-ortho nitro benzene ring substituents is 1. The van der Waals surface area contributed by atoms with Crippen molar-refractivity contribution in [3.63, 3.8) is 0 Å². The smallest absolute Gasteiger partial charge is 0.406 e. The molecule has 1 N–H and O–H groups in total. The van der Waals surface area contributed by atoms with Crippen LogP contribution >= 0.6 is 0 Å². The summed E-state index contributed by atoms with van der Waals surface area (Å²) in [6, 6.07) is 11.1. The molecule has 2 aromatic carbocycles. The maximum absolute atomic E-state index is 12.1. The molecule has 0 saturated heterocycles. The summed E-state index contributed by atoms with van der Waals surface area (Å²) in [6.45, 7) is 0.295. The van der Waals surface area contributed by atoms with Crippen LogP contribution in [0.15, 0.2) is 54.6 Å². The van der Waals surface area contributed by atoms with Crippen LogP contribution in [0.1, 0.15) is 11.1 Å². The van der Waals surface area contributed by atoms with Crippen LogP contribution in [-0.4, -0.2) is 23.7 Å². The van der Waals surface area contributed by atoms with Crippen LogP contribution in [0.5, 0.6) is 5.75 Å². The van der Waals surface area contributed by atoms with Gasteiger partial charge in [0.05, 0.1) is 4.92 Å². The first-order chi connectivity index (χ1) is 12.7. The zero-order chi connectivity index (χ0) is 19.9. The number of benzene rings is 2. The lowest BCUT2D eigenvalue weighted by Crippen LogP contribution is -2.23. The van der Waals surface area contributed by atoms with Crippen molar-refractivity contribution in [1.29, 1.82) is 0 Å². The van der Waals surface area contributed by atoms with Gasteiger partial charge in [-0.2, -0.15) is 0 Å². The van der Waals surface area contributed by atoms with Gasteiger partial charge in [0.25, 0.3) is 5.69 Å². The molecule has 0 saturated carbocycles. The second-order valence-corrected chi connectivity index (χ2v) is 5.41. The molecule has 142 valence electrons. The van der Waals surface area contributed by atoms with Gasteiger partial charge in [-0.05, 0) is 47.9 Å². The van der Waals surface area contributed by atoms with E-state index in [1.807, 2.05) is 0 Å². The monoisotopic (exact) mass is 380 g/mol. The highest BCUT2D eigenvalue weighted by molar-refractivity contribution is 5.91. The molecule has 2 rings (SSSR count). The summed E-state index contributed by atoms with van der Waals surface area (Å²) < 4.78 is 40.0. The summed E-state index contributed by atoms with van der Waals surface area (Å²) in [6.07, 6.45) is -1.49. The maximum atomic E-state index is 12.1. The number of rotatable bonds is 7. The summed E-state index contributed by atoms with van der Waals surface area (Å²) >= 11 is 0. The topological polar surface area (TPSA) is 81.5 Å². The number of halogens is 3. The van der Waals surface area contributed by atoms with Gasteiger partial charge in [0.2, 0.25) is 5.91 Å². The molecule has 0 bridgehead atoms. The van der Waals surface area contributed by atoms with E-state index in [0.29, 0.717) is 18.5 Å². The standard InChI is InChI=1S/C18H15F3N2O4/c19-18(20,21)27-16-8-3-14(4-9-16)11-12-22-17(24)10-5-13-1-6-15(7-2-13)23(25)26/h1-10H,11-12H2,(H,22,24)/b10-5+. The molecule has 0 heterocycles. The lowest BCUT2D eigenvalue weighted by Gasteiger charge is -2.09. The maximum Gasteiger partial charge on any atom is 0.573 e. The normalized spacial score (nSPS) is 11.4. The first kappa shape index (κ1) is 20.0. The van der Waals surface area contributed by atoms with Gasteiger partial charge in [-0.3, -0.25) is 14.9 Å². The number of hydrogen-bond donors (Lipinski definition) is 1. The Morgan fingerprint density at radius 2 is 1.74 bits per heavy atom. The van der Waals surface area contributed by atoms with Crippen LogP contribution in [0.3, 0.4) is 0 Å². The third-order valence-electron chi connectivity index (χ3n) is 3.40. The second-order valence-electron chi connectivity index (χ2n) is 5.41. The van der Waals surface area contributed by atoms with E-state index in [1.165, 1.54) is 60.7 Å². The van der Waals surface area contributed by atoms with E-state index in [4.69, 9.17) is 0 Å². The van der Waals surface area contributed by atoms with E-state index in [0.717, 1.165) is 5.56 Å². The van der Waals surface area contributed by atoms with Gasteiger partial charge in [0.15, 0.2) is 0 Å². The number of alkyl halides is 3. The quantitative estimate of drug-likeness (QED) is 0.449. The number of amides is 1. The van der Waals surface area contributed by atoms with Crippen LogP contribution < -0.4 is 10.1 Å². The van der Waals surface area contributed by atoms with Crippen LogP contribution in [0.25, 0.3) is 6.08 Å². The molecule has 0 unspecified atom stereocenters. The van der Waals surface area contributed by atoms with Crippen molar-refractivity contribution >= 4 is 17.7 Å². The Bertz CT molecular complexity index is 816. The first-order valence-electron chi connectivity index (χ1n) is 7.78. The summed E-state index contributed by atoms with van der Waals surface area (Å²) in [4.78, 5) is 21.8. The minimum absolute atomic E-state index is 0.0387. The highest BCUT2D eigenvalue weighted by Crippen LogP contribution is 2.22. The van der Waals surface area contributed by atoms with Gasteiger partial charge < -0.3 is 10.1 Å². The molecule has 9 heteroatoms. The molecule has 0 aliphatic rings. The van der Waals surface area contributed by atoms with E-state index in [1.54, 1.807) is 0 Å². The van der Waals surface area contributed by atoms with Crippen molar-refractivity contribution in [2.45, 2.75) is 12.8 Å². The molecule has 0 aliphatic heterocycles. The van der Waals surface area contributed by atoms with Crippen LogP contribution in [0.4, 0.5) is 18.9 Å². The van der Waals surface area contributed by atoms with E-state index < -0.39 is 11.3 Å². The average molecular weight is 380 g/mol. The molecular weight excluding hydrogens is 365 g/mol. The number of nitro groups is 1. The van der Waals surface area contributed by atoms with E-state index in [-0.39, 0.29) is 17.3 Å². The van der Waals surface area contributed by atoms with Crippen molar-refractivity contribution < 1.29 is 27.6 Å². The van der Waals surface area contributed by atoms with Gasteiger partial charge in [-0.15, -0.1) is 13.2 Å². The van der Waals surface area contributed by atoms with Crippen LogP contribution in [-0.2, 0) is 11.2 Å². The zero-order valence-electron chi connectivity index (χ0n) is 13.9. The fourth-order valence-electron chi connectivity index (χ4n) is 2.13. The van der Waals surface area contributed by atoms with Gasteiger partial charge >= 0.3 is 6.36 Å². The van der Waals surface area contributed by atoms with Crippen molar-refractivity contribution in [3.8, 4) is 5.75 Å². The Balaban J connectivity index is 1.77. The minimum atomic E-state index is -4.73. The van der Waals surface area contributed by atoms with Crippen LogP contribution in [0.2, 0.25) is 0 Å². The molecule has 0 atom stereocenters. The van der Waals surface area contributed by atoms with Crippen molar-refractivity contribution in [2.75, 3.05) is 6.54 Å². The highest BCUT2D eigenvalue weighted by Gasteiger charge is 2.30. The largest absolute Gasteiger partial charge is 0.573 e. The van der Waals surface area contributed by atoms with Crippen molar-refractivity contribution in [2.24, 2.45) is 0 Å². The molecule has 0 spiro atoms. The van der Waals surface area contributed by atoms with Gasteiger partial charge in [-0.25, -0.2) is 0 Å². The van der Waals surface area contributed by atoms with Crippen LogP contribution in [0, 0.1) is 10.1 Å². The molecule has 27 heavy (non-hydrogen) atoms. The number of nitrogens with zero attached hydrogens (tertiary/aromatic N) is 1. The molecule has 0 aliphatic carbocycles. The Labute approximate surface area is 152 Å². The third kappa shape index (κ3) is 7.18. The number of carbonyl (C=O) groups is 1. The Morgan fingerprint density at radius 1 is 1.11 bits per heavy atom. The Kier molecular flexibility index (Phi) is 6.53. The number of nitro benzene ring substituents is 1. The molecule has 2 aromatic rings. The number of carbonyl (C=O) groups excluding carboxylic acids is 1. The summed E-state index contributed by atoms with van der Waals surface area (Å²) in [5.74, 6) is -0.660. The predicted octanol–water partition coefficient (Wildman–Crippen LogP) is 3.87. The average Bonchev–Trinajstić information content (AvgIpc) is 2.60. The lowest BCUT2D eigenvalue weighted by atomic mass is 10.1. The number of ether oxygens (including phenoxy) is 1. The SMILES string of the molecule is O=C(/C=C/c1ccc([N+](=O)[O-])cc1)NCCc1ccc(OC(F)(F)F)cc1. The summed E-state index contributed by atoms with van der Waals surface area (Å²) in [5, 5.41) is 13.2. The van der Waals surface area contributed by atoms with Crippen molar-refractivity contribution in [1.82, 2.24) is 5.32 Å². The summed E-state index contributed by atoms with van der Waals surface area (Å²) in [5.41, 5.74) is 1.34. The molecular formula is C18H15F3N2O4. The molecule has 0 fully saturated rings.